The molecule has 2 aromatic heterocycles. The summed E-state index contributed by atoms with van der Waals surface area (Å²) in [7, 11) is 0. The lowest BCUT2D eigenvalue weighted by Crippen LogP contribution is -2.34. The summed E-state index contributed by atoms with van der Waals surface area (Å²) in [5.74, 6) is 0.673. The molecule has 0 saturated carbocycles. The minimum Gasteiger partial charge on any atom is -0.469 e. The highest BCUT2D eigenvalue weighted by Crippen LogP contribution is 2.16. The van der Waals surface area contributed by atoms with E-state index in [2.05, 4.69) is 10.6 Å². The molecule has 4 aromatic rings. The summed E-state index contributed by atoms with van der Waals surface area (Å²) in [6, 6.07) is 21.6. The third-order valence-electron chi connectivity index (χ3n) is 5.07. The van der Waals surface area contributed by atoms with Crippen LogP contribution in [-0.4, -0.2) is 23.4 Å². The van der Waals surface area contributed by atoms with Gasteiger partial charge in [-0.15, -0.1) is 0 Å². The fourth-order valence-corrected chi connectivity index (χ4v) is 3.35. The average molecular weight is 461 g/mol. The smallest absolute Gasteiger partial charge is 0.322 e. The van der Waals surface area contributed by atoms with E-state index in [4.69, 9.17) is 8.83 Å². The van der Waals surface area contributed by atoms with E-state index in [1.54, 1.807) is 29.4 Å². The Kier molecular flexibility index (Phi) is 7.39. The SMILES string of the molecule is O=C(NCCc1ccco1)c1ccc(CN(Cc2ccccc2)C(=O)Nc2ccc(F)cc2)o1. The number of halogens is 1. The third-order valence-corrected chi connectivity index (χ3v) is 5.07. The zero-order valence-corrected chi connectivity index (χ0v) is 18.4. The Morgan fingerprint density at radius 3 is 2.38 bits per heavy atom. The molecule has 2 aromatic carbocycles. The van der Waals surface area contributed by atoms with Crippen LogP contribution in [0.1, 0.15) is 27.6 Å². The molecule has 0 saturated heterocycles. The number of hydrogen-bond donors (Lipinski definition) is 2. The minimum atomic E-state index is -0.385. The van der Waals surface area contributed by atoms with Crippen LogP contribution >= 0.6 is 0 Å². The molecular weight excluding hydrogens is 437 g/mol. The number of rotatable bonds is 9. The lowest BCUT2D eigenvalue weighted by atomic mass is 10.2. The summed E-state index contributed by atoms with van der Waals surface area (Å²) in [4.78, 5) is 27.0. The molecular formula is C26H24FN3O4. The molecule has 0 radical (unpaired) electrons. The van der Waals surface area contributed by atoms with Crippen molar-refractivity contribution in [2.75, 3.05) is 11.9 Å². The quantitative estimate of drug-likeness (QED) is 0.358. The summed E-state index contributed by atoms with van der Waals surface area (Å²) in [6.45, 7) is 0.865. The summed E-state index contributed by atoms with van der Waals surface area (Å²) in [5, 5.41) is 5.56. The van der Waals surface area contributed by atoms with Crippen molar-refractivity contribution in [3.05, 3.63) is 114 Å². The fraction of sp³-hybridized carbons (Fsp3) is 0.154. The molecule has 0 spiro atoms. The Morgan fingerprint density at radius 2 is 1.65 bits per heavy atom. The number of anilines is 1. The van der Waals surface area contributed by atoms with Gasteiger partial charge in [-0.1, -0.05) is 30.3 Å². The van der Waals surface area contributed by atoms with Crippen LogP contribution in [0, 0.1) is 5.82 Å². The predicted molar refractivity (Wildman–Crippen MR) is 125 cm³/mol. The average Bonchev–Trinajstić information content (AvgIpc) is 3.53. The van der Waals surface area contributed by atoms with Crippen molar-refractivity contribution in [2.24, 2.45) is 0 Å². The second-order valence-electron chi connectivity index (χ2n) is 7.63. The highest BCUT2D eigenvalue weighted by molar-refractivity contribution is 5.91. The number of urea groups is 1. The second kappa shape index (κ2) is 11.0. The molecule has 0 fully saturated rings. The van der Waals surface area contributed by atoms with Crippen LogP contribution in [-0.2, 0) is 19.5 Å². The monoisotopic (exact) mass is 461 g/mol. The van der Waals surface area contributed by atoms with E-state index in [1.165, 1.54) is 24.3 Å². The highest BCUT2D eigenvalue weighted by atomic mass is 19.1. The maximum Gasteiger partial charge on any atom is 0.322 e. The van der Waals surface area contributed by atoms with Crippen LogP contribution in [0.4, 0.5) is 14.9 Å². The van der Waals surface area contributed by atoms with Gasteiger partial charge in [0.15, 0.2) is 5.76 Å². The summed E-state index contributed by atoms with van der Waals surface area (Å²) in [6.07, 6.45) is 2.16. The minimum absolute atomic E-state index is 0.140. The summed E-state index contributed by atoms with van der Waals surface area (Å²) in [5.41, 5.74) is 1.40. The van der Waals surface area contributed by atoms with Crippen molar-refractivity contribution < 1.29 is 22.8 Å². The van der Waals surface area contributed by atoms with Gasteiger partial charge in [0.1, 0.15) is 17.3 Å². The molecule has 8 heteroatoms. The molecule has 0 aliphatic rings. The van der Waals surface area contributed by atoms with Crippen molar-refractivity contribution in [2.45, 2.75) is 19.5 Å². The predicted octanol–water partition coefficient (Wildman–Crippen LogP) is 5.22. The van der Waals surface area contributed by atoms with Gasteiger partial charge in [0.2, 0.25) is 0 Å². The van der Waals surface area contributed by atoms with E-state index in [-0.39, 0.29) is 30.1 Å². The van der Waals surface area contributed by atoms with Crippen molar-refractivity contribution in [3.8, 4) is 0 Å². The van der Waals surface area contributed by atoms with E-state index in [0.717, 1.165) is 11.3 Å². The topological polar surface area (TPSA) is 87.7 Å². The van der Waals surface area contributed by atoms with E-state index in [9.17, 15) is 14.0 Å². The van der Waals surface area contributed by atoms with Crippen molar-refractivity contribution in [1.82, 2.24) is 10.2 Å². The van der Waals surface area contributed by atoms with Crippen molar-refractivity contribution in [1.29, 1.82) is 0 Å². The maximum absolute atomic E-state index is 13.2. The maximum atomic E-state index is 13.2. The first-order chi connectivity index (χ1) is 16.6. The van der Waals surface area contributed by atoms with Crippen LogP contribution in [0.15, 0.2) is 94.0 Å². The molecule has 2 heterocycles. The van der Waals surface area contributed by atoms with Crippen LogP contribution in [0.5, 0.6) is 0 Å². The first kappa shape index (κ1) is 22.8. The number of nitrogens with zero attached hydrogens (tertiary/aromatic N) is 1. The van der Waals surface area contributed by atoms with Gasteiger partial charge in [-0.05, 0) is 54.1 Å². The second-order valence-corrected chi connectivity index (χ2v) is 7.63. The molecule has 3 amide bonds. The van der Waals surface area contributed by atoms with Crippen LogP contribution in [0.3, 0.4) is 0 Å². The molecule has 0 atom stereocenters. The first-order valence-electron chi connectivity index (χ1n) is 10.8. The molecule has 174 valence electrons. The Hall–Kier alpha value is -4.33. The number of furan rings is 2. The van der Waals surface area contributed by atoms with Gasteiger partial charge in [0.05, 0.1) is 12.8 Å². The lowest BCUT2D eigenvalue weighted by molar-refractivity contribution is 0.0923. The fourth-order valence-electron chi connectivity index (χ4n) is 3.35. The largest absolute Gasteiger partial charge is 0.469 e. The van der Waals surface area contributed by atoms with Gasteiger partial charge in [0, 0.05) is 25.2 Å². The molecule has 4 rings (SSSR count). The Bertz CT molecular complexity index is 1200. The van der Waals surface area contributed by atoms with E-state index >= 15 is 0 Å². The first-order valence-corrected chi connectivity index (χ1v) is 10.8. The number of benzene rings is 2. The van der Waals surface area contributed by atoms with Gasteiger partial charge in [-0.25, -0.2) is 9.18 Å². The van der Waals surface area contributed by atoms with Gasteiger partial charge >= 0.3 is 6.03 Å². The zero-order chi connectivity index (χ0) is 23.8. The standard InChI is InChI=1S/C26H24FN3O4/c27-20-8-10-21(11-9-20)29-26(32)30(17-19-5-2-1-3-6-19)18-23-12-13-24(34-23)25(31)28-15-14-22-7-4-16-33-22/h1-13,16H,14-15,17-18H2,(H,28,31)(H,29,32). The van der Waals surface area contributed by atoms with Gasteiger partial charge in [-0.3, -0.25) is 4.79 Å². The molecule has 7 nitrogen and oxygen atoms in total. The summed E-state index contributed by atoms with van der Waals surface area (Å²) < 4.78 is 24.2. The highest BCUT2D eigenvalue weighted by Gasteiger charge is 2.18. The number of hydrogen-bond acceptors (Lipinski definition) is 4. The van der Waals surface area contributed by atoms with Crippen molar-refractivity contribution >= 4 is 17.6 Å². The molecule has 0 unspecified atom stereocenters. The number of nitrogens with one attached hydrogen (secondary N) is 2. The van der Waals surface area contributed by atoms with E-state index in [1.807, 2.05) is 36.4 Å². The van der Waals surface area contributed by atoms with Crippen LogP contribution in [0.25, 0.3) is 0 Å². The van der Waals surface area contributed by atoms with Gasteiger partial charge < -0.3 is 24.4 Å². The Morgan fingerprint density at radius 1 is 0.853 bits per heavy atom. The van der Waals surface area contributed by atoms with Crippen LogP contribution in [0.2, 0.25) is 0 Å². The molecule has 0 aliphatic carbocycles. The van der Waals surface area contributed by atoms with E-state index in [0.29, 0.717) is 31.0 Å². The summed E-state index contributed by atoms with van der Waals surface area (Å²) >= 11 is 0. The molecule has 34 heavy (non-hydrogen) atoms. The van der Waals surface area contributed by atoms with Gasteiger partial charge in [0.25, 0.3) is 5.91 Å². The number of carbonyl (C=O) groups excluding carboxylic acids is 2. The normalized spacial score (nSPS) is 10.6. The van der Waals surface area contributed by atoms with E-state index < -0.39 is 0 Å². The number of carbonyl (C=O) groups is 2. The Labute approximate surface area is 196 Å². The van der Waals surface area contributed by atoms with Crippen molar-refractivity contribution in [3.63, 3.8) is 0 Å². The molecule has 0 aliphatic heterocycles. The third kappa shape index (κ3) is 6.35. The zero-order valence-electron chi connectivity index (χ0n) is 18.4. The van der Waals surface area contributed by atoms with Gasteiger partial charge in [-0.2, -0.15) is 0 Å². The lowest BCUT2D eigenvalue weighted by Gasteiger charge is -2.22. The molecule has 0 bridgehead atoms. The van der Waals surface area contributed by atoms with Crippen LogP contribution < -0.4 is 10.6 Å². The molecule has 2 N–H and O–H groups in total. The Balaban J connectivity index is 1.41. The number of amides is 3.